The number of carbonyl (C=O) groups is 1. The van der Waals surface area contributed by atoms with Crippen LogP contribution in [0.5, 0.6) is 17.2 Å². The van der Waals surface area contributed by atoms with Crippen LogP contribution in [0, 0.1) is 25.6 Å². The van der Waals surface area contributed by atoms with Crippen LogP contribution in [0.2, 0.25) is 0 Å². The van der Waals surface area contributed by atoms with Gasteiger partial charge in [-0.3, -0.25) is 4.79 Å². The molecule has 0 aliphatic heterocycles. The molecule has 39 heavy (non-hydrogen) atoms. The second-order valence-electron chi connectivity index (χ2n) is 10.7. The standard InChI is InChI=1S/C30H35FN2O6/c1-17-9-21(31)10-18(2)28(17)39-25-8-7-20(30(3,4)36)13-23(25)24-16-33(5)27(34)14-26(24)38-22-11-19(12-22)15-32-29(35)37-6/h7-10,13-14,16,19,22,36H,11-12,15H2,1-6H3,(H,32,35). The van der Waals surface area contributed by atoms with Gasteiger partial charge in [0, 0.05) is 37.0 Å². The Bertz CT molecular complexity index is 1410. The highest BCUT2D eigenvalue weighted by molar-refractivity contribution is 5.76. The number of hydrogen-bond acceptors (Lipinski definition) is 6. The molecule has 9 heteroatoms. The van der Waals surface area contributed by atoms with E-state index in [9.17, 15) is 19.1 Å². The quantitative estimate of drug-likeness (QED) is 0.402. The Morgan fingerprint density at radius 1 is 1.10 bits per heavy atom. The van der Waals surface area contributed by atoms with Gasteiger partial charge in [0.15, 0.2) is 0 Å². The lowest BCUT2D eigenvalue weighted by Gasteiger charge is -2.35. The van der Waals surface area contributed by atoms with Gasteiger partial charge >= 0.3 is 6.09 Å². The highest BCUT2D eigenvalue weighted by Gasteiger charge is 2.32. The van der Waals surface area contributed by atoms with Crippen LogP contribution in [0.25, 0.3) is 11.1 Å². The number of nitrogens with one attached hydrogen (secondary N) is 1. The Kier molecular flexibility index (Phi) is 8.02. The van der Waals surface area contributed by atoms with Crippen molar-refractivity contribution in [1.82, 2.24) is 9.88 Å². The summed E-state index contributed by atoms with van der Waals surface area (Å²) in [6.07, 6.45) is 2.50. The number of halogens is 1. The number of hydrogen-bond donors (Lipinski definition) is 2. The second kappa shape index (κ2) is 11.1. The van der Waals surface area contributed by atoms with Gasteiger partial charge in [-0.1, -0.05) is 6.07 Å². The summed E-state index contributed by atoms with van der Waals surface area (Å²) in [4.78, 5) is 24.0. The molecule has 8 nitrogen and oxygen atoms in total. The lowest BCUT2D eigenvalue weighted by Crippen LogP contribution is -2.41. The van der Waals surface area contributed by atoms with E-state index in [4.69, 9.17) is 9.47 Å². The molecule has 1 aliphatic carbocycles. The maximum Gasteiger partial charge on any atom is 0.406 e. The first-order valence-electron chi connectivity index (χ1n) is 12.9. The van der Waals surface area contributed by atoms with Crippen LogP contribution >= 0.6 is 0 Å². The van der Waals surface area contributed by atoms with E-state index in [1.54, 1.807) is 53.1 Å². The van der Waals surface area contributed by atoms with Crippen LogP contribution in [0.1, 0.15) is 43.4 Å². The molecule has 0 saturated heterocycles. The number of amides is 1. The van der Waals surface area contributed by atoms with Gasteiger partial charge in [-0.05, 0) is 87.4 Å². The predicted octanol–water partition coefficient (Wildman–Crippen LogP) is 5.34. The van der Waals surface area contributed by atoms with E-state index in [0.717, 1.165) is 0 Å². The summed E-state index contributed by atoms with van der Waals surface area (Å²) in [5, 5.41) is 13.5. The zero-order chi connectivity index (χ0) is 28.5. The molecule has 0 spiro atoms. The maximum atomic E-state index is 13.9. The predicted molar refractivity (Wildman–Crippen MR) is 146 cm³/mol. The zero-order valence-electron chi connectivity index (χ0n) is 23.1. The highest BCUT2D eigenvalue weighted by Crippen LogP contribution is 2.43. The Morgan fingerprint density at radius 2 is 1.77 bits per heavy atom. The average molecular weight is 539 g/mol. The molecule has 4 rings (SSSR count). The van der Waals surface area contributed by atoms with Crippen molar-refractivity contribution in [2.24, 2.45) is 13.0 Å². The summed E-state index contributed by atoms with van der Waals surface area (Å²) in [5.41, 5.74) is 1.80. The lowest BCUT2D eigenvalue weighted by molar-refractivity contribution is 0.0640. The smallest absolute Gasteiger partial charge is 0.406 e. The topological polar surface area (TPSA) is 99.0 Å². The monoisotopic (exact) mass is 538 g/mol. The van der Waals surface area contributed by atoms with Crippen molar-refractivity contribution in [1.29, 1.82) is 0 Å². The first-order valence-corrected chi connectivity index (χ1v) is 12.9. The van der Waals surface area contributed by atoms with Gasteiger partial charge in [0.1, 0.15) is 23.1 Å². The molecule has 1 aromatic heterocycles. The molecule has 1 saturated carbocycles. The zero-order valence-corrected chi connectivity index (χ0v) is 23.1. The van der Waals surface area contributed by atoms with Gasteiger partial charge in [-0.2, -0.15) is 0 Å². The summed E-state index contributed by atoms with van der Waals surface area (Å²) in [6, 6.07) is 9.63. The third-order valence-electron chi connectivity index (χ3n) is 7.01. The van der Waals surface area contributed by atoms with Gasteiger partial charge in [-0.25, -0.2) is 9.18 Å². The number of aryl methyl sites for hydroxylation is 3. The number of nitrogens with zero attached hydrogens (tertiary/aromatic N) is 1. The number of benzene rings is 2. The molecule has 208 valence electrons. The number of rotatable bonds is 8. The molecule has 2 N–H and O–H groups in total. The summed E-state index contributed by atoms with van der Waals surface area (Å²) >= 11 is 0. The molecule has 0 atom stereocenters. The summed E-state index contributed by atoms with van der Waals surface area (Å²) in [7, 11) is 2.98. The van der Waals surface area contributed by atoms with E-state index >= 15 is 0 Å². The fourth-order valence-electron chi connectivity index (χ4n) is 4.71. The Morgan fingerprint density at radius 3 is 2.38 bits per heavy atom. The van der Waals surface area contributed by atoms with E-state index in [-0.39, 0.29) is 23.4 Å². The van der Waals surface area contributed by atoms with Gasteiger partial charge in [0.2, 0.25) is 0 Å². The largest absolute Gasteiger partial charge is 0.489 e. The first kappa shape index (κ1) is 28.2. The third kappa shape index (κ3) is 6.42. The van der Waals surface area contributed by atoms with Crippen LogP contribution < -0.4 is 20.3 Å². The number of methoxy groups -OCH3 is 1. The summed E-state index contributed by atoms with van der Waals surface area (Å²) in [5.74, 6) is 1.29. The molecule has 3 aromatic rings. The van der Waals surface area contributed by atoms with Crippen molar-refractivity contribution in [3.8, 4) is 28.4 Å². The minimum Gasteiger partial charge on any atom is -0.489 e. The van der Waals surface area contributed by atoms with Gasteiger partial charge < -0.3 is 29.2 Å². The molecule has 1 fully saturated rings. The molecule has 1 aliphatic rings. The van der Waals surface area contributed by atoms with Crippen molar-refractivity contribution >= 4 is 6.09 Å². The second-order valence-corrected chi connectivity index (χ2v) is 10.7. The lowest BCUT2D eigenvalue weighted by atomic mass is 9.82. The van der Waals surface area contributed by atoms with Crippen LogP contribution in [0.4, 0.5) is 9.18 Å². The summed E-state index contributed by atoms with van der Waals surface area (Å²) in [6.45, 7) is 7.42. The average Bonchev–Trinajstić information content (AvgIpc) is 2.83. The molecule has 1 heterocycles. The molecule has 0 unspecified atom stereocenters. The fourth-order valence-corrected chi connectivity index (χ4v) is 4.71. The van der Waals surface area contributed by atoms with Gasteiger partial charge in [-0.15, -0.1) is 0 Å². The number of ether oxygens (including phenoxy) is 3. The number of alkyl carbamates (subject to hydrolysis) is 1. The Balaban J connectivity index is 1.72. The number of aromatic nitrogens is 1. The van der Waals surface area contributed by atoms with Crippen LogP contribution in [0.3, 0.4) is 0 Å². The van der Waals surface area contributed by atoms with E-state index < -0.39 is 11.7 Å². The Labute approximate surface area is 227 Å². The molecule has 0 bridgehead atoms. The van der Waals surface area contributed by atoms with Crippen molar-refractivity contribution < 1.29 is 28.5 Å². The highest BCUT2D eigenvalue weighted by atomic mass is 19.1. The SMILES string of the molecule is COC(=O)NCC1CC(Oc2cc(=O)n(C)cc2-c2cc(C(C)(C)O)ccc2Oc2c(C)cc(F)cc2C)C1. The van der Waals surface area contributed by atoms with E-state index in [1.165, 1.54) is 29.9 Å². The van der Waals surface area contributed by atoms with Gasteiger partial charge in [0.05, 0.1) is 18.8 Å². The molecular formula is C30H35FN2O6. The third-order valence-corrected chi connectivity index (χ3v) is 7.01. The number of aliphatic hydroxyl groups is 1. The van der Waals surface area contributed by atoms with Crippen LogP contribution in [-0.4, -0.2) is 35.5 Å². The van der Waals surface area contributed by atoms with E-state index in [2.05, 4.69) is 10.1 Å². The van der Waals surface area contributed by atoms with Crippen molar-refractivity contribution in [2.45, 2.75) is 52.2 Å². The van der Waals surface area contributed by atoms with Crippen LogP contribution in [0.15, 0.2) is 47.4 Å². The van der Waals surface area contributed by atoms with Crippen LogP contribution in [-0.2, 0) is 17.4 Å². The Hall–Kier alpha value is -3.85. The minimum absolute atomic E-state index is 0.135. The molecule has 1 amide bonds. The number of carbonyl (C=O) groups excluding carboxylic acids is 1. The van der Waals surface area contributed by atoms with Crippen molar-refractivity contribution in [3.05, 3.63) is 75.5 Å². The summed E-state index contributed by atoms with van der Waals surface area (Å²) < 4.78 is 32.7. The number of pyridine rings is 1. The fraction of sp³-hybridized carbons (Fsp3) is 0.400. The van der Waals surface area contributed by atoms with Gasteiger partial charge in [0.25, 0.3) is 5.56 Å². The first-order chi connectivity index (χ1) is 18.3. The normalized spacial score (nSPS) is 16.8. The molecular weight excluding hydrogens is 503 g/mol. The van der Waals surface area contributed by atoms with E-state index in [0.29, 0.717) is 64.5 Å². The molecule has 2 aromatic carbocycles. The maximum absolute atomic E-state index is 13.9. The van der Waals surface area contributed by atoms with Crippen molar-refractivity contribution in [3.63, 3.8) is 0 Å². The molecule has 0 radical (unpaired) electrons. The van der Waals surface area contributed by atoms with Crippen molar-refractivity contribution in [2.75, 3.05) is 13.7 Å². The van der Waals surface area contributed by atoms with E-state index in [1.807, 2.05) is 6.07 Å². The minimum atomic E-state index is -1.13.